The van der Waals surface area contributed by atoms with Crippen LogP contribution in [0.2, 0.25) is 0 Å². The molecule has 16 heavy (non-hydrogen) atoms. The molecule has 0 saturated carbocycles. The molecule has 0 fully saturated rings. The third kappa shape index (κ3) is 2.82. The zero-order chi connectivity index (χ0) is 12.0. The van der Waals surface area contributed by atoms with Crippen LogP contribution >= 0.6 is 0 Å². The second-order valence-electron chi connectivity index (χ2n) is 4.17. The summed E-state index contributed by atoms with van der Waals surface area (Å²) in [5.74, 6) is 0.467. The highest BCUT2D eigenvalue weighted by Crippen LogP contribution is 2.25. The Balaban J connectivity index is 2.94. The third-order valence-electron chi connectivity index (χ3n) is 3.09. The van der Waals surface area contributed by atoms with Gasteiger partial charge in [-0.3, -0.25) is 0 Å². The Morgan fingerprint density at radius 2 is 1.94 bits per heavy atom. The maximum Gasteiger partial charge on any atom is 0.112 e. The van der Waals surface area contributed by atoms with Crippen molar-refractivity contribution in [2.75, 3.05) is 0 Å². The van der Waals surface area contributed by atoms with E-state index in [2.05, 4.69) is 31.1 Å². The normalized spacial score (nSPS) is 11.3. The number of hydrogen-bond donors (Lipinski definition) is 1. The van der Waals surface area contributed by atoms with Gasteiger partial charge >= 0.3 is 0 Å². The van der Waals surface area contributed by atoms with E-state index >= 15 is 0 Å². The highest BCUT2D eigenvalue weighted by Gasteiger charge is 2.19. The maximum atomic E-state index is 9.28. The molecule has 0 radical (unpaired) electrons. The van der Waals surface area contributed by atoms with Gasteiger partial charge in [0.2, 0.25) is 0 Å². The zero-order valence-electron chi connectivity index (χ0n) is 10.6. The van der Waals surface area contributed by atoms with Gasteiger partial charge in [-0.1, -0.05) is 32.4 Å². The molecular formula is C12H23N3O. The van der Waals surface area contributed by atoms with Gasteiger partial charge in [-0.2, -0.15) is 0 Å². The molecule has 0 aliphatic carbocycles. The van der Waals surface area contributed by atoms with E-state index in [-0.39, 0.29) is 6.61 Å². The van der Waals surface area contributed by atoms with Crippen molar-refractivity contribution in [2.24, 2.45) is 0 Å². The zero-order valence-corrected chi connectivity index (χ0v) is 10.6. The van der Waals surface area contributed by atoms with Crippen molar-refractivity contribution in [3.05, 3.63) is 11.4 Å². The van der Waals surface area contributed by atoms with Gasteiger partial charge in [0.15, 0.2) is 0 Å². The molecule has 4 heteroatoms. The van der Waals surface area contributed by atoms with Crippen molar-refractivity contribution in [1.82, 2.24) is 15.0 Å². The molecule has 4 nitrogen and oxygen atoms in total. The van der Waals surface area contributed by atoms with E-state index in [0.29, 0.717) is 5.92 Å². The number of nitrogens with zero attached hydrogens (tertiary/aromatic N) is 3. The van der Waals surface area contributed by atoms with Crippen molar-refractivity contribution in [3.63, 3.8) is 0 Å². The van der Waals surface area contributed by atoms with Crippen LogP contribution in [0.25, 0.3) is 0 Å². The van der Waals surface area contributed by atoms with Crippen molar-refractivity contribution >= 4 is 0 Å². The maximum absolute atomic E-state index is 9.28. The molecule has 0 unspecified atom stereocenters. The predicted octanol–water partition coefficient (Wildman–Crippen LogP) is 2.47. The second kappa shape index (κ2) is 6.63. The third-order valence-corrected chi connectivity index (χ3v) is 3.09. The number of aryl methyl sites for hydroxylation is 1. The van der Waals surface area contributed by atoms with Crippen LogP contribution in [-0.4, -0.2) is 20.1 Å². The minimum atomic E-state index is -0.00203. The topological polar surface area (TPSA) is 50.9 Å². The SMILES string of the molecule is CCCCn1nnc(CO)c1C(CC)CC. The average molecular weight is 225 g/mol. The van der Waals surface area contributed by atoms with Gasteiger partial charge in [0.25, 0.3) is 0 Å². The predicted molar refractivity (Wildman–Crippen MR) is 64.2 cm³/mol. The second-order valence-corrected chi connectivity index (χ2v) is 4.17. The standard InChI is InChI=1S/C12H23N3O/c1-4-7-8-15-12(10(5-2)6-3)11(9-16)13-14-15/h10,16H,4-9H2,1-3H3. The monoisotopic (exact) mass is 225 g/mol. The molecule has 0 aliphatic rings. The molecule has 0 saturated heterocycles. The molecule has 0 spiro atoms. The Bertz CT molecular complexity index is 305. The molecule has 92 valence electrons. The summed E-state index contributed by atoms with van der Waals surface area (Å²) in [6, 6.07) is 0. The van der Waals surface area contributed by atoms with Gasteiger partial charge in [0.1, 0.15) is 5.69 Å². The lowest BCUT2D eigenvalue weighted by molar-refractivity contribution is 0.274. The summed E-state index contributed by atoms with van der Waals surface area (Å²) in [5.41, 5.74) is 1.89. The van der Waals surface area contributed by atoms with Gasteiger partial charge in [0, 0.05) is 12.5 Å². The summed E-state index contributed by atoms with van der Waals surface area (Å²) in [4.78, 5) is 0. The molecule has 1 rings (SSSR count). The fourth-order valence-corrected chi connectivity index (χ4v) is 2.06. The molecule has 1 N–H and O–H groups in total. The molecule has 1 aromatic rings. The summed E-state index contributed by atoms with van der Waals surface area (Å²) in [6.45, 7) is 7.42. The number of aliphatic hydroxyl groups is 1. The van der Waals surface area contributed by atoms with Crippen LogP contribution in [-0.2, 0) is 13.2 Å². The lowest BCUT2D eigenvalue weighted by Gasteiger charge is -2.15. The van der Waals surface area contributed by atoms with Gasteiger partial charge in [-0.15, -0.1) is 5.10 Å². The van der Waals surface area contributed by atoms with Gasteiger partial charge in [0.05, 0.1) is 12.3 Å². The summed E-state index contributed by atoms with van der Waals surface area (Å²) in [5, 5.41) is 17.5. The lowest BCUT2D eigenvalue weighted by Crippen LogP contribution is -2.10. The molecule has 1 aromatic heterocycles. The van der Waals surface area contributed by atoms with Crippen LogP contribution < -0.4 is 0 Å². The van der Waals surface area contributed by atoms with Crippen LogP contribution in [0.5, 0.6) is 0 Å². The molecule has 0 aliphatic heterocycles. The number of aromatic nitrogens is 3. The fraction of sp³-hybridized carbons (Fsp3) is 0.833. The molecule has 0 amide bonds. The number of unbranched alkanes of at least 4 members (excludes halogenated alkanes) is 1. The highest BCUT2D eigenvalue weighted by atomic mass is 16.3. The Morgan fingerprint density at radius 3 is 2.44 bits per heavy atom. The number of rotatable bonds is 7. The lowest BCUT2D eigenvalue weighted by atomic mass is 9.97. The summed E-state index contributed by atoms with van der Waals surface area (Å²) in [7, 11) is 0. The largest absolute Gasteiger partial charge is 0.390 e. The number of hydrogen-bond acceptors (Lipinski definition) is 3. The van der Waals surface area contributed by atoms with E-state index in [1.54, 1.807) is 0 Å². The Kier molecular flexibility index (Phi) is 5.46. The fourth-order valence-electron chi connectivity index (χ4n) is 2.06. The van der Waals surface area contributed by atoms with Crippen LogP contribution in [0.1, 0.15) is 63.8 Å². The van der Waals surface area contributed by atoms with Crippen molar-refractivity contribution in [3.8, 4) is 0 Å². The minimum Gasteiger partial charge on any atom is -0.390 e. The van der Waals surface area contributed by atoms with E-state index in [9.17, 15) is 5.11 Å². The molecule has 1 heterocycles. The van der Waals surface area contributed by atoms with E-state index in [1.165, 1.54) is 0 Å². The van der Waals surface area contributed by atoms with E-state index < -0.39 is 0 Å². The Labute approximate surface area is 97.7 Å². The van der Waals surface area contributed by atoms with E-state index in [0.717, 1.165) is 43.6 Å². The van der Waals surface area contributed by atoms with Crippen molar-refractivity contribution in [1.29, 1.82) is 0 Å². The molecular weight excluding hydrogens is 202 g/mol. The van der Waals surface area contributed by atoms with Gasteiger partial charge in [-0.25, -0.2) is 4.68 Å². The number of aliphatic hydroxyl groups excluding tert-OH is 1. The van der Waals surface area contributed by atoms with Crippen LogP contribution in [0, 0.1) is 0 Å². The first-order chi connectivity index (χ1) is 7.78. The van der Waals surface area contributed by atoms with Crippen LogP contribution in [0.4, 0.5) is 0 Å². The molecule has 0 bridgehead atoms. The summed E-state index contributed by atoms with van der Waals surface area (Å²) < 4.78 is 1.98. The van der Waals surface area contributed by atoms with Crippen LogP contribution in [0.3, 0.4) is 0 Å². The highest BCUT2D eigenvalue weighted by molar-refractivity contribution is 5.14. The van der Waals surface area contributed by atoms with Crippen LogP contribution in [0.15, 0.2) is 0 Å². The summed E-state index contributed by atoms with van der Waals surface area (Å²) in [6.07, 6.45) is 4.41. The first kappa shape index (κ1) is 13.2. The minimum absolute atomic E-state index is 0.00203. The first-order valence-corrected chi connectivity index (χ1v) is 6.31. The van der Waals surface area contributed by atoms with E-state index in [1.807, 2.05) is 4.68 Å². The molecule has 0 atom stereocenters. The first-order valence-electron chi connectivity index (χ1n) is 6.31. The molecule has 0 aromatic carbocycles. The smallest absolute Gasteiger partial charge is 0.112 e. The Hall–Kier alpha value is -0.900. The average Bonchev–Trinajstić information content (AvgIpc) is 2.71. The van der Waals surface area contributed by atoms with Crippen molar-refractivity contribution in [2.45, 2.75) is 65.5 Å². The van der Waals surface area contributed by atoms with E-state index in [4.69, 9.17) is 0 Å². The van der Waals surface area contributed by atoms with Crippen molar-refractivity contribution < 1.29 is 5.11 Å². The Morgan fingerprint density at radius 1 is 1.25 bits per heavy atom. The van der Waals surface area contributed by atoms with Gasteiger partial charge < -0.3 is 5.11 Å². The quantitative estimate of drug-likeness (QED) is 0.775. The van der Waals surface area contributed by atoms with Gasteiger partial charge in [-0.05, 0) is 19.3 Å². The summed E-state index contributed by atoms with van der Waals surface area (Å²) >= 11 is 0.